The number of aromatic nitrogens is 2. The van der Waals surface area contributed by atoms with Gasteiger partial charge in [0.25, 0.3) is 5.91 Å². The lowest BCUT2D eigenvalue weighted by atomic mass is 10.2. The van der Waals surface area contributed by atoms with E-state index in [-0.39, 0.29) is 29.7 Å². The van der Waals surface area contributed by atoms with E-state index in [0.717, 1.165) is 59.0 Å². The molecule has 162 valence electrons. The molecule has 1 aromatic carbocycles. The van der Waals surface area contributed by atoms with Crippen molar-refractivity contribution >= 4 is 34.2 Å². The third kappa shape index (κ3) is 4.24. The van der Waals surface area contributed by atoms with Gasteiger partial charge in [0.2, 0.25) is 5.91 Å². The van der Waals surface area contributed by atoms with E-state index in [0.29, 0.717) is 0 Å². The van der Waals surface area contributed by atoms with Crippen LogP contribution in [-0.4, -0.2) is 39.8 Å². The van der Waals surface area contributed by atoms with Crippen molar-refractivity contribution in [2.24, 2.45) is 5.92 Å². The number of thiophene rings is 1. The number of nitrogens with zero attached hydrogens (tertiary/aromatic N) is 2. The smallest absolute Gasteiger partial charge is 0.263 e. The van der Waals surface area contributed by atoms with Crippen LogP contribution in [-0.2, 0) is 4.79 Å². The molecule has 5 rings (SSSR count). The molecular formula is C24H28N4O2S. The largest absolute Gasteiger partial charge is 0.349 e. The molecule has 3 aromatic rings. The first-order chi connectivity index (χ1) is 15.1. The number of imidazole rings is 1. The average molecular weight is 437 g/mol. The summed E-state index contributed by atoms with van der Waals surface area (Å²) in [6, 6.07) is 11.7. The Labute approximate surface area is 186 Å². The number of rotatable bonds is 5. The van der Waals surface area contributed by atoms with E-state index in [2.05, 4.69) is 15.3 Å². The number of carbonyl (C=O) groups is 2. The number of benzene rings is 1. The number of H-pyrrole nitrogens is 1. The van der Waals surface area contributed by atoms with Gasteiger partial charge in [0.1, 0.15) is 5.82 Å². The minimum atomic E-state index is -0.111. The molecule has 1 aliphatic heterocycles. The Bertz CT molecular complexity index is 1060. The zero-order valence-corrected chi connectivity index (χ0v) is 18.6. The van der Waals surface area contributed by atoms with Crippen molar-refractivity contribution in [2.75, 3.05) is 13.1 Å². The molecule has 2 fully saturated rings. The van der Waals surface area contributed by atoms with Crippen LogP contribution in [0.5, 0.6) is 0 Å². The first-order valence-electron chi connectivity index (χ1n) is 11.2. The summed E-state index contributed by atoms with van der Waals surface area (Å²) in [5.74, 6) is 1.20. The molecule has 2 aliphatic rings. The molecule has 1 saturated heterocycles. The highest BCUT2D eigenvalue weighted by molar-refractivity contribution is 7.14. The standard InChI is InChI=1S/C24H28N4O2S/c1-15(20-10-11-21(31-20)24(30)28-12-6-2-3-7-13-28)25-23(29)17-14-16(17)22-26-18-8-4-5-9-19(18)27-22/h4-5,8-11,15-17H,2-3,6-7,12-14H2,1H3,(H,25,29)(H,26,27)/t15-,16+,17+/m1/s1. The Morgan fingerprint density at radius 3 is 2.68 bits per heavy atom. The SMILES string of the molecule is C[C@@H](NC(=O)[C@H]1C[C@@H]1c1nc2ccccc2[nH]1)c1ccc(C(=O)N2CCCCCC2)s1. The number of aromatic amines is 1. The van der Waals surface area contributed by atoms with Gasteiger partial charge in [-0.05, 0) is 50.5 Å². The zero-order valence-electron chi connectivity index (χ0n) is 17.8. The van der Waals surface area contributed by atoms with E-state index < -0.39 is 0 Å². The van der Waals surface area contributed by atoms with Crippen LogP contribution in [0.25, 0.3) is 11.0 Å². The van der Waals surface area contributed by atoms with Crippen LogP contribution in [0.4, 0.5) is 0 Å². The first kappa shape index (κ1) is 20.2. The topological polar surface area (TPSA) is 78.1 Å². The zero-order chi connectivity index (χ0) is 21.4. The summed E-state index contributed by atoms with van der Waals surface area (Å²) in [4.78, 5) is 37.4. The molecule has 2 aromatic heterocycles. The van der Waals surface area contributed by atoms with E-state index in [1.807, 2.05) is 48.2 Å². The molecule has 0 radical (unpaired) electrons. The van der Waals surface area contributed by atoms with E-state index in [9.17, 15) is 9.59 Å². The average Bonchev–Trinajstić information content (AvgIpc) is 3.34. The molecule has 3 atom stereocenters. The lowest BCUT2D eigenvalue weighted by Crippen LogP contribution is -2.31. The molecule has 1 saturated carbocycles. The van der Waals surface area contributed by atoms with E-state index >= 15 is 0 Å². The summed E-state index contributed by atoms with van der Waals surface area (Å²) < 4.78 is 0. The molecule has 31 heavy (non-hydrogen) atoms. The second-order valence-corrected chi connectivity index (χ2v) is 9.84. The van der Waals surface area contributed by atoms with Crippen molar-refractivity contribution in [3.63, 3.8) is 0 Å². The number of carbonyl (C=O) groups excluding carboxylic acids is 2. The van der Waals surface area contributed by atoms with Crippen molar-refractivity contribution in [3.05, 3.63) is 52.0 Å². The van der Waals surface area contributed by atoms with Crippen LogP contribution >= 0.6 is 11.3 Å². The molecule has 6 nitrogen and oxygen atoms in total. The number of fused-ring (bicyclic) bond motifs is 1. The van der Waals surface area contributed by atoms with Gasteiger partial charge >= 0.3 is 0 Å². The summed E-state index contributed by atoms with van der Waals surface area (Å²) in [6.07, 6.45) is 5.41. The van der Waals surface area contributed by atoms with Gasteiger partial charge in [-0.25, -0.2) is 4.98 Å². The Morgan fingerprint density at radius 2 is 1.90 bits per heavy atom. The lowest BCUT2D eigenvalue weighted by molar-refractivity contribution is -0.123. The number of hydrogen-bond donors (Lipinski definition) is 2. The van der Waals surface area contributed by atoms with Crippen LogP contribution in [0, 0.1) is 5.92 Å². The lowest BCUT2D eigenvalue weighted by Gasteiger charge is -2.19. The van der Waals surface area contributed by atoms with Crippen molar-refractivity contribution in [2.45, 2.75) is 51.0 Å². The fourth-order valence-corrected chi connectivity index (χ4v) is 5.43. The van der Waals surface area contributed by atoms with Crippen molar-refractivity contribution in [1.29, 1.82) is 0 Å². The minimum Gasteiger partial charge on any atom is -0.349 e. The quantitative estimate of drug-likeness (QED) is 0.612. The third-order valence-electron chi connectivity index (χ3n) is 6.40. The molecule has 3 heterocycles. The highest BCUT2D eigenvalue weighted by Crippen LogP contribution is 2.47. The monoisotopic (exact) mass is 436 g/mol. The second-order valence-electron chi connectivity index (χ2n) is 8.73. The summed E-state index contributed by atoms with van der Waals surface area (Å²) in [5.41, 5.74) is 1.95. The van der Waals surface area contributed by atoms with Crippen molar-refractivity contribution in [1.82, 2.24) is 20.2 Å². The van der Waals surface area contributed by atoms with Crippen LogP contribution in [0.15, 0.2) is 36.4 Å². The van der Waals surface area contributed by atoms with Crippen LogP contribution in [0.2, 0.25) is 0 Å². The number of nitrogens with one attached hydrogen (secondary N) is 2. The fraction of sp³-hybridized carbons (Fsp3) is 0.458. The van der Waals surface area contributed by atoms with Gasteiger partial charge in [-0.3, -0.25) is 9.59 Å². The van der Waals surface area contributed by atoms with Gasteiger partial charge in [-0.1, -0.05) is 25.0 Å². The molecule has 0 unspecified atom stereocenters. The highest BCUT2D eigenvalue weighted by Gasteiger charge is 2.46. The number of likely N-dealkylation sites (tertiary alicyclic amines) is 1. The van der Waals surface area contributed by atoms with Crippen LogP contribution in [0.3, 0.4) is 0 Å². The van der Waals surface area contributed by atoms with E-state index in [4.69, 9.17) is 0 Å². The predicted molar refractivity (Wildman–Crippen MR) is 122 cm³/mol. The minimum absolute atomic E-state index is 0.0406. The van der Waals surface area contributed by atoms with Gasteiger partial charge in [-0.15, -0.1) is 11.3 Å². The summed E-state index contributed by atoms with van der Waals surface area (Å²) in [5, 5.41) is 3.14. The van der Waals surface area contributed by atoms with Gasteiger partial charge < -0.3 is 15.2 Å². The van der Waals surface area contributed by atoms with Crippen LogP contribution < -0.4 is 5.32 Å². The molecule has 2 N–H and O–H groups in total. The van der Waals surface area contributed by atoms with Gasteiger partial charge in [0.15, 0.2) is 0 Å². The summed E-state index contributed by atoms with van der Waals surface area (Å²) in [6.45, 7) is 3.69. The Hall–Kier alpha value is -2.67. The highest BCUT2D eigenvalue weighted by atomic mass is 32.1. The number of hydrogen-bond acceptors (Lipinski definition) is 4. The number of para-hydroxylation sites is 2. The van der Waals surface area contributed by atoms with Crippen molar-refractivity contribution in [3.8, 4) is 0 Å². The normalized spacial score (nSPS) is 22.2. The fourth-order valence-electron chi connectivity index (χ4n) is 4.46. The molecule has 2 amide bonds. The van der Waals surface area contributed by atoms with Crippen LogP contribution in [0.1, 0.15) is 71.4 Å². The molecule has 1 aliphatic carbocycles. The Morgan fingerprint density at radius 1 is 1.13 bits per heavy atom. The summed E-state index contributed by atoms with van der Waals surface area (Å²) >= 11 is 1.50. The maximum Gasteiger partial charge on any atom is 0.263 e. The third-order valence-corrected chi connectivity index (χ3v) is 7.66. The second kappa shape index (κ2) is 8.46. The maximum atomic E-state index is 12.8. The van der Waals surface area contributed by atoms with Gasteiger partial charge in [-0.2, -0.15) is 0 Å². The number of amides is 2. The van der Waals surface area contributed by atoms with Gasteiger partial charge in [0, 0.05) is 29.8 Å². The Balaban J connectivity index is 1.19. The maximum absolute atomic E-state index is 12.8. The first-order valence-corrected chi connectivity index (χ1v) is 12.1. The van der Waals surface area contributed by atoms with E-state index in [1.54, 1.807) is 0 Å². The van der Waals surface area contributed by atoms with Gasteiger partial charge in [0.05, 0.1) is 22.0 Å². The Kier molecular flexibility index (Phi) is 5.52. The van der Waals surface area contributed by atoms with E-state index in [1.165, 1.54) is 24.2 Å². The predicted octanol–water partition coefficient (Wildman–Crippen LogP) is 4.62. The summed E-state index contributed by atoms with van der Waals surface area (Å²) in [7, 11) is 0. The molecule has 0 spiro atoms. The molecular weight excluding hydrogens is 408 g/mol. The molecule has 7 heteroatoms. The molecule has 0 bridgehead atoms. The van der Waals surface area contributed by atoms with Crippen molar-refractivity contribution < 1.29 is 9.59 Å².